The summed E-state index contributed by atoms with van der Waals surface area (Å²) in [5, 5.41) is 9.53. The number of piperazine rings is 1. The molecule has 5 nitrogen and oxygen atoms in total. The molecule has 5 heteroatoms. The van der Waals surface area contributed by atoms with Crippen molar-refractivity contribution < 1.29 is 9.84 Å². The Balaban J connectivity index is 1.58. The van der Waals surface area contributed by atoms with E-state index in [-0.39, 0.29) is 6.61 Å². The standard InChI is InChI=1S/C23H31N3O2/c1-19-7-5-10-21(24-19)17-26-15-14-25(18-22(26)12-16-27)13-6-9-20-8-3-4-11-23(20)28-2/h3-11,22,27H,12-18H2,1-2H3/b9-6+/t22-/m0/s1. The molecule has 3 rings (SSSR count). The Morgan fingerprint density at radius 1 is 1.18 bits per heavy atom. The predicted octanol–water partition coefficient (Wildman–Crippen LogP) is 2.98. The maximum atomic E-state index is 9.53. The van der Waals surface area contributed by atoms with Crippen molar-refractivity contribution in [3.63, 3.8) is 0 Å². The molecule has 0 radical (unpaired) electrons. The van der Waals surface area contributed by atoms with Gasteiger partial charge >= 0.3 is 0 Å². The minimum Gasteiger partial charge on any atom is -0.496 e. The minimum absolute atomic E-state index is 0.216. The Labute approximate surface area is 168 Å². The number of rotatable bonds is 8. The average Bonchev–Trinajstić information content (AvgIpc) is 2.70. The molecule has 0 bridgehead atoms. The molecule has 28 heavy (non-hydrogen) atoms. The number of ether oxygens (including phenoxy) is 1. The summed E-state index contributed by atoms with van der Waals surface area (Å²) in [6, 6.07) is 14.6. The molecule has 1 aliphatic heterocycles. The van der Waals surface area contributed by atoms with Crippen LogP contribution in [-0.2, 0) is 6.54 Å². The lowest BCUT2D eigenvalue weighted by Gasteiger charge is -2.41. The van der Waals surface area contributed by atoms with Crippen LogP contribution < -0.4 is 4.74 Å². The topological polar surface area (TPSA) is 48.8 Å². The van der Waals surface area contributed by atoms with Gasteiger partial charge in [-0.3, -0.25) is 14.8 Å². The van der Waals surface area contributed by atoms with Crippen molar-refractivity contribution in [2.45, 2.75) is 25.9 Å². The lowest BCUT2D eigenvalue weighted by atomic mass is 10.1. The second-order valence-corrected chi connectivity index (χ2v) is 7.31. The van der Waals surface area contributed by atoms with Crippen LogP contribution in [0.25, 0.3) is 6.08 Å². The van der Waals surface area contributed by atoms with Gasteiger partial charge in [0.05, 0.1) is 12.8 Å². The molecule has 0 unspecified atom stereocenters. The van der Waals surface area contributed by atoms with Crippen molar-refractivity contribution in [3.8, 4) is 5.75 Å². The smallest absolute Gasteiger partial charge is 0.126 e. The van der Waals surface area contributed by atoms with E-state index in [9.17, 15) is 5.11 Å². The molecular weight excluding hydrogens is 350 g/mol. The molecule has 1 fully saturated rings. The van der Waals surface area contributed by atoms with E-state index in [1.165, 1.54) is 0 Å². The SMILES string of the molecule is COc1ccccc1/C=C/CN1CCN(Cc2cccc(C)n2)[C@@H](CCO)C1. The highest BCUT2D eigenvalue weighted by atomic mass is 16.5. The van der Waals surface area contributed by atoms with E-state index in [0.717, 1.165) is 61.8 Å². The Hall–Kier alpha value is -2.21. The molecule has 0 saturated carbocycles. The molecule has 1 aromatic heterocycles. The van der Waals surface area contributed by atoms with Crippen LogP contribution >= 0.6 is 0 Å². The maximum absolute atomic E-state index is 9.53. The number of benzene rings is 1. The molecule has 0 spiro atoms. The summed E-state index contributed by atoms with van der Waals surface area (Å²) in [5.74, 6) is 0.896. The van der Waals surface area contributed by atoms with Gasteiger partial charge in [0.1, 0.15) is 5.75 Å². The first kappa shape index (κ1) is 20.5. The van der Waals surface area contributed by atoms with Crippen LogP contribution in [0.3, 0.4) is 0 Å². The molecule has 2 heterocycles. The highest BCUT2D eigenvalue weighted by Gasteiger charge is 2.26. The second-order valence-electron chi connectivity index (χ2n) is 7.31. The molecule has 2 aromatic rings. The fraction of sp³-hybridized carbons (Fsp3) is 0.435. The Morgan fingerprint density at radius 2 is 2.04 bits per heavy atom. The van der Waals surface area contributed by atoms with Gasteiger partial charge in [-0.1, -0.05) is 36.4 Å². The van der Waals surface area contributed by atoms with Crippen molar-refractivity contribution in [1.82, 2.24) is 14.8 Å². The number of nitrogens with zero attached hydrogens (tertiary/aromatic N) is 3. The van der Waals surface area contributed by atoms with Crippen LogP contribution in [0.4, 0.5) is 0 Å². The summed E-state index contributed by atoms with van der Waals surface area (Å²) in [4.78, 5) is 9.55. The van der Waals surface area contributed by atoms with Crippen LogP contribution in [0.5, 0.6) is 5.75 Å². The summed E-state index contributed by atoms with van der Waals surface area (Å²) < 4.78 is 5.41. The fourth-order valence-corrected chi connectivity index (χ4v) is 3.78. The van der Waals surface area contributed by atoms with E-state index >= 15 is 0 Å². The molecule has 0 amide bonds. The minimum atomic E-state index is 0.216. The first-order valence-corrected chi connectivity index (χ1v) is 9.99. The molecule has 1 aliphatic rings. The van der Waals surface area contributed by atoms with Gasteiger partial charge in [-0.2, -0.15) is 0 Å². The van der Waals surface area contributed by atoms with E-state index in [4.69, 9.17) is 4.74 Å². The first-order chi connectivity index (χ1) is 13.7. The van der Waals surface area contributed by atoms with Gasteiger partial charge in [-0.15, -0.1) is 0 Å². The van der Waals surface area contributed by atoms with E-state index in [1.807, 2.05) is 31.2 Å². The van der Waals surface area contributed by atoms with Crippen molar-refractivity contribution in [2.75, 3.05) is 39.9 Å². The molecule has 1 aromatic carbocycles. The Bertz CT molecular complexity index is 778. The molecule has 1 saturated heterocycles. The van der Waals surface area contributed by atoms with Gasteiger partial charge in [0.2, 0.25) is 0 Å². The number of aromatic nitrogens is 1. The van der Waals surface area contributed by atoms with E-state index in [1.54, 1.807) is 7.11 Å². The van der Waals surface area contributed by atoms with Crippen molar-refractivity contribution in [2.24, 2.45) is 0 Å². The first-order valence-electron chi connectivity index (χ1n) is 9.99. The van der Waals surface area contributed by atoms with E-state index in [2.05, 4.69) is 45.1 Å². The normalized spacial score (nSPS) is 18.6. The van der Waals surface area contributed by atoms with Crippen LogP contribution in [-0.4, -0.2) is 65.8 Å². The number of hydrogen-bond donors (Lipinski definition) is 1. The average molecular weight is 382 g/mol. The van der Waals surface area contributed by atoms with Crippen LogP contribution in [0.2, 0.25) is 0 Å². The second kappa shape index (κ2) is 10.4. The number of pyridine rings is 1. The third-order valence-corrected chi connectivity index (χ3v) is 5.26. The summed E-state index contributed by atoms with van der Waals surface area (Å²) in [7, 11) is 1.70. The largest absolute Gasteiger partial charge is 0.496 e. The van der Waals surface area contributed by atoms with Gasteiger partial charge in [0.15, 0.2) is 0 Å². The summed E-state index contributed by atoms with van der Waals surface area (Å²) in [6.45, 7) is 6.96. The van der Waals surface area contributed by atoms with Gasteiger partial charge < -0.3 is 9.84 Å². The lowest BCUT2D eigenvalue weighted by molar-refractivity contribution is 0.0587. The highest BCUT2D eigenvalue weighted by molar-refractivity contribution is 5.57. The van der Waals surface area contributed by atoms with E-state index < -0.39 is 0 Å². The third kappa shape index (κ3) is 5.64. The third-order valence-electron chi connectivity index (χ3n) is 5.26. The number of hydrogen-bond acceptors (Lipinski definition) is 5. The molecular formula is C23H31N3O2. The highest BCUT2D eigenvalue weighted by Crippen LogP contribution is 2.19. The maximum Gasteiger partial charge on any atom is 0.126 e. The molecule has 1 N–H and O–H groups in total. The van der Waals surface area contributed by atoms with Crippen LogP contribution in [0.15, 0.2) is 48.5 Å². The number of aliphatic hydroxyl groups excluding tert-OH is 1. The van der Waals surface area contributed by atoms with Gasteiger partial charge in [-0.25, -0.2) is 0 Å². The summed E-state index contributed by atoms with van der Waals surface area (Å²) in [6.07, 6.45) is 5.12. The number of para-hydroxylation sites is 1. The van der Waals surface area contributed by atoms with Gasteiger partial charge in [-0.05, 0) is 31.5 Å². The summed E-state index contributed by atoms with van der Waals surface area (Å²) in [5.41, 5.74) is 3.25. The Kier molecular flexibility index (Phi) is 7.60. The van der Waals surface area contributed by atoms with E-state index in [0.29, 0.717) is 6.04 Å². The fourth-order valence-electron chi connectivity index (χ4n) is 3.78. The lowest BCUT2D eigenvalue weighted by Crippen LogP contribution is -2.52. The summed E-state index contributed by atoms with van der Waals surface area (Å²) >= 11 is 0. The number of methoxy groups -OCH3 is 1. The predicted molar refractivity (Wildman–Crippen MR) is 113 cm³/mol. The van der Waals surface area contributed by atoms with Crippen molar-refractivity contribution in [3.05, 3.63) is 65.5 Å². The zero-order valence-corrected chi connectivity index (χ0v) is 16.9. The van der Waals surface area contributed by atoms with Crippen LogP contribution in [0, 0.1) is 6.92 Å². The van der Waals surface area contributed by atoms with Crippen molar-refractivity contribution in [1.29, 1.82) is 0 Å². The zero-order chi connectivity index (χ0) is 19.8. The van der Waals surface area contributed by atoms with Gasteiger partial charge in [0.25, 0.3) is 0 Å². The number of aliphatic hydroxyl groups is 1. The molecule has 150 valence electrons. The van der Waals surface area contributed by atoms with Crippen LogP contribution in [0.1, 0.15) is 23.4 Å². The zero-order valence-electron chi connectivity index (χ0n) is 16.9. The molecule has 1 atom stereocenters. The number of aryl methyl sites for hydroxylation is 1. The molecule has 0 aliphatic carbocycles. The quantitative estimate of drug-likeness (QED) is 0.762. The van der Waals surface area contributed by atoms with Crippen molar-refractivity contribution >= 4 is 6.08 Å². The van der Waals surface area contributed by atoms with Gasteiger partial charge in [0, 0.05) is 56.6 Å². The Morgan fingerprint density at radius 3 is 2.82 bits per heavy atom. The monoisotopic (exact) mass is 381 g/mol.